The van der Waals surface area contributed by atoms with Gasteiger partial charge in [0.15, 0.2) is 0 Å². The molecule has 0 fully saturated rings. The number of aliphatic imine (C=N–C) groups is 1. The Morgan fingerprint density at radius 3 is 2.74 bits per heavy atom. The first-order chi connectivity index (χ1) is 11.2. The molecular weight excluding hydrogens is 292 g/mol. The maximum absolute atomic E-state index is 5.94. The molecule has 1 aromatic carbocycles. The zero-order valence-corrected chi connectivity index (χ0v) is 13.1. The molecule has 0 amide bonds. The van der Waals surface area contributed by atoms with Crippen LogP contribution in [-0.2, 0) is 0 Å². The normalized spacial score (nSPS) is 14.1. The second-order valence-corrected chi connectivity index (χ2v) is 5.00. The number of methoxy groups -OCH3 is 2. The third-order valence-corrected chi connectivity index (χ3v) is 3.60. The van der Waals surface area contributed by atoms with Crippen LogP contribution in [0.15, 0.2) is 53.9 Å². The number of hydrogen-bond donors (Lipinski definition) is 1. The summed E-state index contributed by atoms with van der Waals surface area (Å²) in [4.78, 5) is 10.5. The second kappa shape index (κ2) is 6.39. The third kappa shape index (κ3) is 2.96. The smallest absolute Gasteiger partial charge is 0.142 e. The third-order valence-electron chi connectivity index (χ3n) is 3.60. The van der Waals surface area contributed by atoms with Crippen molar-refractivity contribution in [3.05, 3.63) is 54.5 Å². The van der Waals surface area contributed by atoms with Gasteiger partial charge in [0, 0.05) is 24.0 Å². The van der Waals surface area contributed by atoms with Crippen LogP contribution in [0, 0.1) is 0 Å². The van der Waals surface area contributed by atoms with Crippen molar-refractivity contribution in [2.75, 3.05) is 25.7 Å². The molecule has 0 saturated heterocycles. The Balaban J connectivity index is 2.10. The van der Waals surface area contributed by atoms with Crippen molar-refractivity contribution in [2.24, 2.45) is 10.7 Å². The highest BCUT2D eigenvalue weighted by Crippen LogP contribution is 2.37. The molecule has 0 unspecified atom stereocenters. The lowest BCUT2D eigenvalue weighted by Crippen LogP contribution is -2.35. The fourth-order valence-electron chi connectivity index (χ4n) is 2.47. The quantitative estimate of drug-likeness (QED) is 0.938. The summed E-state index contributed by atoms with van der Waals surface area (Å²) in [5, 5.41) is 0. The molecule has 2 heterocycles. The predicted molar refractivity (Wildman–Crippen MR) is 90.7 cm³/mol. The average Bonchev–Trinajstić information content (AvgIpc) is 2.61. The van der Waals surface area contributed by atoms with E-state index in [1.54, 1.807) is 32.8 Å². The van der Waals surface area contributed by atoms with Crippen molar-refractivity contribution in [1.29, 1.82) is 0 Å². The number of hydrogen-bond acceptors (Lipinski definition) is 6. The van der Waals surface area contributed by atoms with E-state index >= 15 is 0 Å². The summed E-state index contributed by atoms with van der Waals surface area (Å²) in [5.41, 5.74) is 8.66. The van der Waals surface area contributed by atoms with Gasteiger partial charge in [-0.3, -0.25) is 4.98 Å². The van der Waals surface area contributed by atoms with Crippen LogP contribution in [-0.4, -0.2) is 31.6 Å². The Morgan fingerprint density at radius 2 is 2.04 bits per heavy atom. The highest BCUT2D eigenvalue weighted by molar-refractivity contribution is 5.96. The molecule has 3 rings (SSSR count). The molecule has 0 spiro atoms. The molecule has 0 bridgehead atoms. The van der Waals surface area contributed by atoms with Gasteiger partial charge in [-0.15, -0.1) is 0 Å². The van der Waals surface area contributed by atoms with Crippen molar-refractivity contribution in [3.8, 4) is 11.5 Å². The largest absolute Gasteiger partial charge is 0.497 e. The number of benzene rings is 1. The Bertz CT molecular complexity index is 756. The molecule has 0 radical (unpaired) electrons. The number of pyridine rings is 1. The fourth-order valence-corrected chi connectivity index (χ4v) is 2.47. The van der Waals surface area contributed by atoms with Crippen molar-refractivity contribution in [1.82, 2.24) is 4.98 Å². The van der Waals surface area contributed by atoms with Gasteiger partial charge in [0.25, 0.3) is 0 Å². The van der Waals surface area contributed by atoms with Crippen molar-refractivity contribution in [3.63, 3.8) is 0 Å². The van der Waals surface area contributed by atoms with Crippen molar-refractivity contribution >= 4 is 17.2 Å². The standard InChI is InChI=1S/C17H18N4O2/c1-22-13-5-6-16(23-2)14(8-13)21-11-17(18)20-10-15(21)12-4-3-7-19-9-12/h3-10H,11H2,1-2H3,(H2,18,20). The zero-order chi connectivity index (χ0) is 16.2. The molecule has 0 atom stereocenters. The highest BCUT2D eigenvalue weighted by atomic mass is 16.5. The van der Waals surface area contributed by atoms with Crippen LogP contribution in [0.4, 0.5) is 5.69 Å². The molecule has 6 nitrogen and oxygen atoms in total. The Kier molecular flexibility index (Phi) is 4.14. The Hall–Kier alpha value is -3.02. The van der Waals surface area contributed by atoms with Gasteiger partial charge in [0.2, 0.25) is 0 Å². The summed E-state index contributed by atoms with van der Waals surface area (Å²) >= 11 is 0. The molecule has 0 saturated carbocycles. The number of nitrogens with zero attached hydrogens (tertiary/aromatic N) is 3. The van der Waals surface area contributed by atoms with E-state index in [-0.39, 0.29) is 0 Å². The topological polar surface area (TPSA) is 73.0 Å². The van der Waals surface area contributed by atoms with E-state index in [9.17, 15) is 0 Å². The zero-order valence-electron chi connectivity index (χ0n) is 13.1. The minimum absolute atomic E-state index is 0.463. The Labute approximate surface area is 134 Å². The van der Waals surface area contributed by atoms with E-state index < -0.39 is 0 Å². The maximum atomic E-state index is 5.94. The summed E-state index contributed by atoms with van der Waals surface area (Å²) in [6.45, 7) is 0.463. The molecular formula is C17H18N4O2. The first-order valence-electron chi connectivity index (χ1n) is 7.15. The van der Waals surface area contributed by atoms with Gasteiger partial charge in [-0.1, -0.05) is 0 Å². The lowest BCUT2D eigenvalue weighted by atomic mass is 10.1. The molecule has 1 aliphatic heterocycles. The number of rotatable bonds is 4. The van der Waals surface area contributed by atoms with Crippen LogP contribution >= 0.6 is 0 Å². The van der Waals surface area contributed by atoms with Gasteiger partial charge in [-0.2, -0.15) is 0 Å². The van der Waals surface area contributed by atoms with Crippen LogP contribution in [0.1, 0.15) is 5.56 Å². The van der Waals surface area contributed by atoms with Crippen molar-refractivity contribution < 1.29 is 9.47 Å². The maximum Gasteiger partial charge on any atom is 0.142 e. The number of aromatic nitrogens is 1. The molecule has 1 aromatic heterocycles. The van der Waals surface area contributed by atoms with Gasteiger partial charge in [-0.05, 0) is 24.3 Å². The lowest BCUT2D eigenvalue weighted by Gasteiger charge is -2.30. The first kappa shape index (κ1) is 14.9. The van der Waals surface area contributed by atoms with Crippen LogP contribution < -0.4 is 20.1 Å². The fraction of sp³-hybridized carbons (Fsp3) is 0.176. The monoisotopic (exact) mass is 310 g/mol. The lowest BCUT2D eigenvalue weighted by molar-refractivity contribution is 0.404. The van der Waals surface area contributed by atoms with E-state index in [4.69, 9.17) is 15.2 Å². The number of ether oxygens (including phenoxy) is 2. The van der Waals surface area contributed by atoms with Gasteiger partial charge in [-0.25, -0.2) is 4.99 Å². The van der Waals surface area contributed by atoms with Crippen molar-refractivity contribution in [2.45, 2.75) is 0 Å². The minimum atomic E-state index is 0.463. The van der Waals surface area contributed by atoms with E-state index in [1.807, 2.05) is 35.2 Å². The number of anilines is 1. The second-order valence-electron chi connectivity index (χ2n) is 5.00. The Morgan fingerprint density at radius 1 is 1.17 bits per heavy atom. The van der Waals surface area contributed by atoms with Crippen LogP contribution in [0.25, 0.3) is 5.70 Å². The van der Waals surface area contributed by atoms with Crippen LogP contribution in [0.3, 0.4) is 0 Å². The molecule has 0 aliphatic carbocycles. The summed E-state index contributed by atoms with van der Waals surface area (Å²) < 4.78 is 10.8. The molecule has 2 N–H and O–H groups in total. The van der Waals surface area contributed by atoms with Gasteiger partial charge >= 0.3 is 0 Å². The van der Waals surface area contributed by atoms with E-state index in [0.29, 0.717) is 12.4 Å². The number of nitrogens with two attached hydrogens (primary N) is 1. The first-order valence-corrected chi connectivity index (χ1v) is 7.15. The number of amidine groups is 1. The predicted octanol–water partition coefficient (Wildman–Crippen LogP) is 2.27. The molecule has 6 heteroatoms. The highest BCUT2D eigenvalue weighted by Gasteiger charge is 2.22. The summed E-state index contributed by atoms with van der Waals surface area (Å²) in [7, 11) is 3.27. The van der Waals surface area contributed by atoms with E-state index in [0.717, 1.165) is 28.4 Å². The summed E-state index contributed by atoms with van der Waals surface area (Å²) in [6.07, 6.45) is 5.28. The van der Waals surface area contributed by atoms with Gasteiger partial charge in [0.1, 0.15) is 17.3 Å². The minimum Gasteiger partial charge on any atom is -0.497 e. The van der Waals surface area contributed by atoms with E-state index in [1.165, 1.54) is 0 Å². The van der Waals surface area contributed by atoms with Gasteiger partial charge < -0.3 is 20.1 Å². The van der Waals surface area contributed by atoms with Crippen LogP contribution in [0.5, 0.6) is 11.5 Å². The SMILES string of the molecule is COc1ccc(OC)c(N2CC(N)=NC=C2c2cccnc2)c1. The molecule has 23 heavy (non-hydrogen) atoms. The molecule has 2 aromatic rings. The van der Waals surface area contributed by atoms with Crippen LogP contribution in [0.2, 0.25) is 0 Å². The molecule has 1 aliphatic rings. The van der Waals surface area contributed by atoms with E-state index in [2.05, 4.69) is 9.98 Å². The van der Waals surface area contributed by atoms with Gasteiger partial charge in [0.05, 0.1) is 38.3 Å². The molecule has 118 valence electrons. The average molecular weight is 310 g/mol. The summed E-state index contributed by atoms with van der Waals surface area (Å²) in [6, 6.07) is 9.52. The summed E-state index contributed by atoms with van der Waals surface area (Å²) in [5.74, 6) is 2.00.